The number of para-hydroxylation sites is 1. The quantitative estimate of drug-likeness (QED) is 0.594. The molecule has 0 aliphatic carbocycles. The lowest BCUT2D eigenvalue weighted by molar-refractivity contribution is 0.415. The van der Waals surface area contributed by atoms with Gasteiger partial charge >= 0.3 is 0 Å². The fraction of sp³-hybridized carbons (Fsp3) is 0.0952. The third-order valence-corrected chi connectivity index (χ3v) is 4.42. The van der Waals surface area contributed by atoms with Crippen LogP contribution in [0.2, 0.25) is 0 Å². The highest BCUT2D eigenvalue weighted by Crippen LogP contribution is 2.36. The first-order valence-electron chi connectivity index (χ1n) is 8.40. The van der Waals surface area contributed by atoms with Crippen molar-refractivity contribution in [3.8, 4) is 33.9 Å². The van der Waals surface area contributed by atoms with Crippen molar-refractivity contribution in [1.29, 1.82) is 0 Å². The van der Waals surface area contributed by atoms with Crippen molar-refractivity contribution in [3.05, 3.63) is 60.9 Å². The van der Waals surface area contributed by atoms with Gasteiger partial charge in [-0.25, -0.2) is 15.0 Å². The van der Waals surface area contributed by atoms with E-state index in [0.717, 1.165) is 39.3 Å². The second kappa shape index (κ2) is 6.92. The smallest absolute Gasteiger partial charge is 0.165 e. The maximum Gasteiger partial charge on any atom is 0.165 e. The Hall–Kier alpha value is -3.67. The monoisotopic (exact) mass is 358 g/mol. The molecule has 0 amide bonds. The Morgan fingerprint density at radius 3 is 2.37 bits per heavy atom. The predicted octanol–water partition coefficient (Wildman–Crippen LogP) is 3.96. The number of aromatic nitrogens is 3. The van der Waals surface area contributed by atoms with Gasteiger partial charge in [0.1, 0.15) is 23.6 Å². The van der Waals surface area contributed by atoms with Gasteiger partial charge in [-0.15, -0.1) is 0 Å². The standard InChI is InChI=1S/C21H18N4O2/c1-26-14-9-7-13(8-10-14)16-11-17(15-5-3-4-6-18(15)27-2)25-21-19(16)20(22)23-12-24-21/h3-12H,1-2H3,(H2,22,23,24,25). The van der Waals surface area contributed by atoms with Gasteiger partial charge in [-0.3, -0.25) is 0 Å². The van der Waals surface area contributed by atoms with E-state index >= 15 is 0 Å². The van der Waals surface area contributed by atoms with E-state index in [0.29, 0.717) is 11.5 Å². The fourth-order valence-electron chi connectivity index (χ4n) is 3.08. The van der Waals surface area contributed by atoms with Gasteiger partial charge in [0.2, 0.25) is 0 Å². The molecule has 0 radical (unpaired) electrons. The molecular formula is C21H18N4O2. The average molecular weight is 358 g/mol. The summed E-state index contributed by atoms with van der Waals surface area (Å²) in [7, 11) is 3.28. The molecule has 0 saturated carbocycles. The molecule has 2 heterocycles. The Kier molecular flexibility index (Phi) is 4.30. The van der Waals surface area contributed by atoms with Gasteiger partial charge in [0.25, 0.3) is 0 Å². The van der Waals surface area contributed by atoms with Crippen molar-refractivity contribution in [3.63, 3.8) is 0 Å². The van der Waals surface area contributed by atoms with Gasteiger partial charge in [0.05, 0.1) is 25.3 Å². The van der Waals surface area contributed by atoms with Crippen LogP contribution < -0.4 is 15.2 Å². The van der Waals surface area contributed by atoms with E-state index in [1.807, 2.05) is 54.6 Å². The van der Waals surface area contributed by atoms with E-state index in [-0.39, 0.29) is 0 Å². The number of nitrogens with zero attached hydrogens (tertiary/aromatic N) is 3. The van der Waals surface area contributed by atoms with Crippen molar-refractivity contribution in [2.75, 3.05) is 20.0 Å². The topological polar surface area (TPSA) is 83.2 Å². The summed E-state index contributed by atoms with van der Waals surface area (Å²) < 4.78 is 10.8. The van der Waals surface area contributed by atoms with Crippen LogP contribution in [-0.4, -0.2) is 29.2 Å². The number of hydrogen-bond acceptors (Lipinski definition) is 6. The van der Waals surface area contributed by atoms with Crippen molar-refractivity contribution >= 4 is 16.9 Å². The summed E-state index contributed by atoms with van der Waals surface area (Å²) in [5.74, 6) is 1.92. The molecule has 0 unspecified atom stereocenters. The molecule has 2 aromatic heterocycles. The summed E-state index contributed by atoms with van der Waals surface area (Å²) in [6.07, 6.45) is 1.43. The highest BCUT2D eigenvalue weighted by molar-refractivity contribution is 6.01. The van der Waals surface area contributed by atoms with Crippen LogP contribution in [0, 0.1) is 0 Å². The zero-order chi connectivity index (χ0) is 18.8. The second-order valence-corrected chi connectivity index (χ2v) is 5.94. The number of fused-ring (bicyclic) bond motifs is 1. The first-order valence-corrected chi connectivity index (χ1v) is 8.40. The van der Waals surface area contributed by atoms with E-state index in [2.05, 4.69) is 9.97 Å². The van der Waals surface area contributed by atoms with E-state index in [4.69, 9.17) is 20.2 Å². The SMILES string of the molecule is COc1ccc(-c2cc(-c3ccccc3OC)nc3ncnc(N)c23)cc1. The zero-order valence-corrected chi connectivity index (χ0v) is 15.0. The molecule has 0 bridgehead atoms. The van der Waals surface area contributed by atoms with Crippen LogP contribution in [0.25, 0.3) is 33.4 Å². The molecule has 0 saturated heterocycles. The number of rotatable bonds is 4. The van der Waals surface area contributed by atoms with Crippen molar-refractivity contribution in [2.24, 2.45) is 0 Å². The first kappa shape index (κ1) is 16.8. The maximum absolute atomic E-state index is 6.15. The Bertz CT molecular complexity index is 1110. The molecule has 6 nitrogen and oxygen atoms in total. The van der Waals surface area contributed by atoms with Crippen LogP contribution in [-0.2, 0) is 0 Å². The van der Waals surface area contributed by atoms with Crippen LogP contribution in [0.4, 0.5) is 5.82 Å². The first-order chi connectivity index (χ1) is 13.2. The molecule has 0 aliphatic heterocycles. The van der Waals surface area contributed by atoms with Gasteiger partial charge in [0, 0.05) is 5.56 Å². The summed E-state index contributed by atoms with van der Waals surface area (Å²) in [6.45, 7) is 0. The Morgan fingerprint density at radius 1 is 0.852 bits per heavy atom. The molecule has 4 rings (SSSR count). The van der Waals surface area contributed by atoms with Crippen LogP contribution in [0.15, 0.2) is 60.9 Å². The second-order valence-electron chi connectivity index (χ2n) is 5.94. The minimum absolute atomic E-state index is 0.393. The van der Waals surface area contributed by atoms with E-state index in [1.54, 1.807) is 14.2 Å². The predicted molar refractivity (Wildman–Crippen MR) is 106 cm³/mol. The van der Waals surface area contributed by atoms with E-state index < -0.39 is 0 Å². The summed E-state index contributed by atoms with van der Waals surface area (Å²) in [6, 6.07) is 17.5. The van der Waals surface area contributed by atoms with Gasteiger partial charge in [0.15, 0.2) is 5.65 Å². The minimum Gasteiger partial charge on any atom is -0.497 e. The van der Waals surface area contributed by atoms with Crippen molar-refractivity contribution in [2.45, 2.75) is 0 Å². The summed E-state index contributed by atoms with van der Waals surface area (Å²) in [4.78, 5) is 13.2. The number of benzene rings is 2. The van der Waals surface area contributed by atoms with Crippen LogP contribution in [0.3, 0.4) is 0 Å². The highest BCUT2D eigenvalue weighted by atomic mass is 16.5. The number of methoxy groups -OCH3 is 2. The molecule has 134 valence electrons. The van der Waals surface area contributed by atoms with Crippen LogP contribution in [0.5, 0.6) is 11.5 Å². The van der Waals surface area contributed by atoms with Gasteiger partial charge in [-0.05, 0) is 41.5 Å². The molecule has 6 heteroatoms. The molecule has 0 fully saturated rings. The third kappa shape index (κ3) is 3.01. The highest BCUT2D eigenvalue weighted by Gasteiger charge is 2.15. The van der Waals surface area contributed by atoms with E-state index in [1.165, 1.54) is 6.33 Å². The van der Waals surface area contributed by atoms with Crippen LogP contribution in [0.1, 0.15) is 0 Å². The number of ether oxygens (including phenoxy) is 2. The normalized spacial score (nSPS) is 10.7. The average Bonchev–Trinajstić information content (AvgIpc) is 2.73. The fourth-order valence-corrected chi connectivity index (χ4v) is 3.08. The number of hydrogen-bond donors (Lipinski definition) is 1. The summed E-state index contributed by atoms with van der Waals surface area (Å²) >= 11 is 0. The summed E-state index contributed by atoms with van der Waals surface area (Å²) in [5.41, 5.74) is 10.2. The Labute approximate surface area is 156 Å². The summed E-state index contributed by atoms with van der Waals surface area (Å²) in [5, 5.41) is 0.723. The molecular weight excluding hydrogens is 340 g/mol. The molecule has 0 spiro atoms. The third-order valence-electron chi connectivity index (χ3n) is 4.42. The molecule has 2 aromatic carbocycles. The Morgan fingerprint density at radius 2 is 1.63 bits per heavy atom. The van der Waals surface area contributed by atoms with Gasteiger partial charge in [-0.1, -0.05) is 24.3 Å². The molecule has 0 atom stereocenters. The van der Waals surface area contributed by atoms with Crippen molar-refractivity contribution in [1.82, 2.24) is 15.0 Å². The lowest BCUT2D eigenvalue weighted by Gasteiger charge is -2.13. The van der Waals surface area contributed by atoms with Gasteiger partial charge in [-0.2, -0.15) is 0 Å². The van der Waals surface area contributed by atoms with Crippen LogP contribution >= 0.6 is 0 Å². The van der Waals surface area contributed by atoms with E-state index in [9.17, 15) is 0 Å². The van der Waals surface area contributed by atoms with Crippen molar-refractivity contribution < 1.29 is 9.47 Å². The molecule has 4 aromatic rings. The maximum atomic E-state index is 6.15. The molecule has 27 heavy (non-hydrogen) atoms. The lowest BCUT2D eigenvalue weighted by atomic mass is 9.99. The number of anilines is 1. The zero-order valence-electron chi connectivity index (χ0n) is 15.0. The minimum atomic E-state index is 0.393. The number of nitrogens with two attached hydrogens (primary N) is 1. The molecule has 0 aliphatic rings. The molecule has 2 N–H and O–H groups in total. The van der Waals surface area contributed by atoms with Gasteiger partial charge < -0.3 is 15.2 Å². The largest absolute Gasteiger partial charge is 0.497 e. The number of pyridine rings is 1. The lowest BCUT2D eigenvalue weighted by Crippen LogP contribution is -1.99. The Balaban J connectivity index is 2.00. The number of nitrogen functional groups attached to an aromatic ring is 1.